The standard InChI is InChI=1S/C20H23FN2O2/c1-14-8-10-16(11-9-14)12-19(24)23(15(2)20(25)22-3)13-17-6-4-5-7-18(17)21/h4-11,15H,12-13H2,1-3H3,(H,22,25)/t15-/m1/s1. The maximum atomic E-state index is 14.0. The molecule has 25 heavy (non-hydrogen) atoms. The molecule has 0 saturated heterocycles. The number of nitrogens with one attached hydrogen (secondary N) is 1. The number of likely N-dealkylation sites (N-methyl/N-ethyl adjacent to an activating group) is 1. The summed E-state index contributed by atoms with van der Waals surface area (Å²) in [5.74, 6) is -0.892. The Labute approximate surface area is 147 Å². The molecule has 5 heteroatoms. The van der Waals surface area contributed by atoms with Gasteiger partial charge < -0.3 is 10.2 Å². The Hall–Kier alpha value is -2.69. The number of halogens is 1. The van der Waals surface area contributed by atoms with Crippen LogP contribution in [0.25, 0.3) is 0 Å². The molecule has 0 aliphatic carbocycles. The Bertz CT molecular complexity index is 744. The first-order valence-corrected chi connectivity index (χ1v) is 8.22. The maximum absolute atomic E-state index is 14.0. The van der Waals surface area contributed by atoms with E-state index in [0.717, 1.165) is 11.1 Å². The fourth-order valence-corrected chi connectivity index (χ4v) is 2.58. The van der Waals surface area contributed by atoms with Crippen LogP contribution in [0.15, 0.2) is 48.5 Å². The molecule has 0 aliphatic rings. The molecular formula is C20H23FN2O2. The van der Waals surface area contributed by atoms with Crippen molar-refractivity contribution in [2.45, 2.75) is 32.9 Å². The van der Waals surface area contributed by atoms with Gasteiger partial charge in [0.05, 0.1) is 6.42 Å². The molecule has 0 spiro atoms. The Morgan fingerprint density at radius 3 is 2.36 bits per heavy atom. The molecule has 0 aliphatic heterocycles. The monoisotopic (exact) mass is 342 g/mol. The molecule has 132 valence electrons. The van der Waals surface area contributed by atoms with Crippen LogP contribution < -0.4 is 5.32 Å². The fourth-order valence-electron chi connectivity index (χ4n) is 2.58. The van der Waals surface area contributed by atoms with Crippen LogP contribution in [0.4, 0.5) is 4.39 Å². The molecule has 2 rings (SSSR count). The second-order valence-corrected chi connectivity index (χ2v) is 6.07. The number of rotatable bonds is 6. The number of hydrogen-bond acceptors (Lipinski definition) is 2. The third-order valence-electron chi connectivity index (χ3n) is 4.19. The second-order valence-electron chi connectivity index (χ2n) is 6.07. The lowest BCUT2D eigenvalue weighted by Gasteiger charge is -2.28. The zero-order valence-corrected chi connectivity index (χ0v) is 14.8. The molecule has 2 aromatic rings. The lowest BCUT2D eigenvalue weighted by molar-refractivity contribution is -0.139. The predicted octanol–water partition coefficient (Wildman–Crippen LogP) is 2.84. The van der Waals surface area contributed by atoms with Gasteiger partial charge in [-0.3, -0.25) is 9.59 Å². The molecule has 0 aromatic heterocycles. The van der Waals surface area contributed by atoms with Crippen LogP contribution in [0.1, 0.15) is 23.6 Å². The number of carbonyl (C=O) groups excluding carboxylic acids is 2. The molecule has 0 radical (unpaired) electrons. The SMILES string of the molecule is CNC(=O)[C@@H](C)N(Cc1ccccc1F)C(=O)Cc1ccc(C)cc1. The van der Waals surface area contributed by atoms with Gasteiger partial charge >= 0.3 is 0 Å². The molecule has 1 atom stereocenters. The van der Waals surface area contributed by atoms with Crippen LogP contribution >= 0.6 is 0 Å². The molecular weight excluding hydrogens is 319 g/mol. The lowest BCUT2D eigenvalue weighted by atomic mass is 10.1. The topological polar surface area (TPSA) is 49.4 Å². The lowest BCUT2D eigenvalue weighted by Crippen LogP contribution is -2.47. The summed E-state index contributed by atoms with van der Waals surface area (Å²) in [6.45, 7) is 3.67. The van der Waals surface area contributed by atoms with Crippen LogP contribution in [0.5, 0.6) is 0 Å². The predicted molar refractivity (Wildman–Crippen MR) is 95.4 cm³/mol. The molecule has 0 saturated carbocycles. The highest BCUT2D eigenvalue weighted by Gasteiger charge is 2.26. The third-order valence-corrected chi connectivity index (χ3v) is 4.19. The first kappa shape index (κ1) is 18.6. The summed E-state index contributed by atoms with van der Waals surface area (Å²) < 4.78 is 14.0. The third kappa shape index (κ3) is 4.89. The summed E-state index contributed by atoms with van der Waals surface area (Å²) in [5.41, 5.74) is 2.35. The van der Waals surface area contributed by atoms with Crippen molar-refractivity contribution in [3.63, 3.8) is 0 Å². The van der Waals surface area contributed by atoms with Crippen molar-refractivity contribution in [1.82, 2.24) is 10.2 Å². The maximum Gasteiger partial charge on any atom is 0.242 e. The first-order chi connectivity index (χ1) is 11.9. The Morgan fingerprint density at radius 2 is 1.76 bits per heavy atom. The van der Waals surface area contributed by atoms with E-state index in [0.29, 0.717) is 5.56 Å². The summed E-state index contributed by atoms with van der Waals surface area (Å²) in [6, 6.07) is 13.2. The van der Waals surface area contributed by atoms with Gasteiger partial charge in [-0.05, 0) is 25.5 Å². The van der Waals surface area contributed by atoms with E-state index in [-0.39, 0.29) is 30.6 Å². The molecule has 0 unspecified atom stereocenters. The molecule has 4 nitrogen and oxygen atoms in total. The molecule has 0 heterocycles. The fraction of sp³-hybridized carbons (Fsp3) is 0.300. The molecule has 1 N–H and O–H groups in total. The van der Waals surface area contributed by atoms with Crippen molar-refractivity contribution in [1.29, 1.82) is 0 Å². The number of hydrogen-bond donors (Lipinski definition) is 1. The molecule has 0 bridgehead atoms. The highest BCUT2D eigenvalue weighted by molar-refractivity contribution is 5.88. The van der Waals surface area contributed by atoms with Gasteiger partial charge in [-0.2, -0.15) is 0 Å². The molecule has 0 fully saturated rings. The molecule has 2 amide bonds. The van der Waals surface area contributed by atoms with Gasteiger partial charge in [0.2, 0.25) is 11.8 Å². The van der Waals surface area contributed by atoms with E-state index in [1.165, 1.54) is 18.0 Å². The number of nitrogens with zero attached hydrogens (tertiary/aromatic N) is 1. The first-order valence-electron chi connectivity index (χ1n) is 8.22. The van der Waals surface area contributed by atoms with Crippen LogP contribution in [0.3, 0.4) is 0 Å². The number of amides is 2. The van der Waals surface area contributed by atoms with Crippen molar-refractivity contribution in [3.8, 4) is 0 Å². The van der Waals surface area contributed by atoms with Gasteiger partial charge in [-0.1, -0.05) is 48.0 Å². The number of benzene rings is 2. The Balaban J connectivity index is 2.23. The zero-order valence-electron chi connectivity index (χ0n) is 14.8. The van der Waals surface area contributed by atoms with Gasteiger partial charge in [0.15, 0.2) is 0 Å². The highest BCUT2D eigenvalue weighted by atomic mass is 19.1. The van der Waals surface area contributed by atoms with Crippen LogP contribution in [0.2, 0.25) is 0 Å². The summed E-state index contributed by atoms with van der Waals surface area (Å²) in [4.78, 5) is 26.2. The number of aryl methyl sites for hydroxylation is 1. The van der Waals surface area contributed by atoms with E-state index in [2.05, 4.69) is 5.32 Å². The van der Waals surface area contributed by atoms with E-state index < -0.39 is 6.04 Å². The van der Waals surface area contributed by atoms with Gasteiger partial charge in [-0.25, -0.2) is 4.39 Å². The van der Waals surface area contributed by atoms with Gasteiger partial charge in [0.25, 0.3) is 0 Å². The summed E-state index contributed by atoms with van der Waals surface area (Å²) in [5, 5.41) is 2.55. The van der Waals surface area contributed by atoms with E-state index in [9.17, 15) is 14.0 Å². The van der Waals surface area contributed by atoms with Crippen LogP contribution in [-0.2, 0) is 22.6 Å². The van der Waals surface area contributed by atoms with E-state index in [1.807, 2.05) is 31.2 Å². The summed E-state index contributed by atoms with van der Waals surface area (Å²) in [7, 11) is 1.52. The van der Waals surface area contributed by atoms with Crippen molar-refractivity contribution in [2.24, 2.45) is 0 Å². The largest absolute Gasteiger partial charge is 0.357 e. The normalized spacial score (nSPS) is 11.7. The quantitative estimate of drug-likeness (QED) is 0.878. The van der Waals surface area contributed by atoms with Crippen molar-refractivity contribution in [2.75, 3.05) is 7.05 Å². The zero-order chi connectivity index (χ0) is 18.4. The summed E-state index contributed by atoms with van der Waals surface area (Å²) in [6.07, 6.45) is 0.163. The van der Waals surface area contributed by atoms with Gasteiger partial charge in [-0.15, -0.1) is 0 Å². The second kappa shape index (κ2) is 8.42. The van der Waals surface area contributed by atoms with Gasteiger partial charge in [0, 0.05) is 19.2 Å². The smallest absolute Gasteiger partial charge is 0.242 e. The minimum absolute atomic E-state index is 0.0476. The van der Waals surface area contributed by atoms with E-state index in [1.54, 1.807) is 25.1 Å². The molecule has 2 aromatic carbocycles. The van der Waals surface area contributed by atoms with E-state index in [4.69, 9.17) is 0 Å². The van der Waals surface area contributed by atoms with Crippen molar-refractivity contribution in [3.05, 3.63) is 71.0 Å². The van der Waals surface area contributed by atoms with Crippen LogP contribution in [0, 0.1) is 12.7 Å². The van der Waals surface area contributed by atoms with Crippen LogP contribution in [-0.4, -0.2) is 29.8 Å². The highest BCUT2D eigenvalue weighted by Crippen LogP contribution is 2.15. The average molecular weight is 342 g/mol. The Kier molecular flexibility index (Phi) is 6.28. The minimum Gasteiger partial charge on any atom is -0.357 e. The number of carbonyl (C=O) groups is 2. The van der Waals surface area contributed by atoms with Crippen molar-refractivity contribution >= 4 is 11.8 Å². The van der Waals surface area contributed by atoms with E-state index >= 15 is 0 Å². The summed E-state index contributed by atoms with van der Waals surface area (Å²) >= 11 is 0. The van der Waals surface area contributed by atoms with Crippen molar-refractivity contribution < 1.29 is 14.0 Å². The average Bonchev–Trinajstić information content (AvgIpc) is 2.61. The Morgan fingerprint density at radius 1 is 1.12 bits per heavy atom. The minimum atomic E-state index is -0.692. The van der Waals surface area contributed by atoms with Gasteiger partial charge in [0.1, 0.15) is 11.9 Å².